The molecule has 1 N–H and O–H groups in total. The van der Waals surface area contributed by atoms with Crippen molar-refractivity contribution in [3.63, 3.8) is 0 Å². The molecule has 15 heavy (non-hydrogen) atoms. The molecule has 0 saturated heterocycles. The van der Waals surface area contributed by atoms with Gasteiger partial charge in [0.25, 0.3) is 0 Å². The van der Waals surface area contributed by atoms with E-state index in [1.165, 1.54) is 18.2 Å². The fraction of sp³-hybridized carbons (Fsp3) is 0. The summed E-state index contributed by atoms with van der Waals surface area (Å²) in [6.07, 6.45) is 0.877. The van der Waals surface area contributed by atoms with E-state index < -0.39 is 6.98 Å². The van der Waals surface area contributed by atoms with Gasteiger partial charge in [-0.1, -0.05) is 17.7 Å². The Morgan fingerprint density at radius 3 is 2.33 bits per heavy atom. The van der Waals surface area contributed by atoms with Crippen LogP contribution in [0.5, 0.6) is 5.75 Å². The molecule has 0 aliphatic heterocycles. The predicted molar refractivity (Wildman–Crippen MR) is 51.2 cm³/mol. The zero-order chi connectivity index (χ0) is 10.8. The van der Waals surface area contributed by atoms with Crippen LogP contribution >= 0.6 is 11.6 Å². The molecule has 1 aromatic carbocycles. The van der Waals surface area contributed by atoms with Gasteiger partial charge in [0.1, 0.15) is 5.75 Å². The molecule has 1 nitrogen and oxygen atoms in total. The normalized spacial score (nSPS) is 11.5. The van der Waals surface area contributed by atoms with Gasteiger partial charge >= 0.3 is 58.4 Å². The average Bonchev–Trinajstić information content (AvgIpc) is 2.00. The van der Waals surface area contributed by atoms with Crippen LogP contribution in [-0.2, 0) is 0 Å². The van der Waals surface area contributed by atoms with Crippen molar-refractivity contribution >= 4 is 24.7 Å². The Balaban J connectivity index is 0.00000196. The molecular weight excluding hydrogens is 254 g/mol. The number of hydrogen-bond acceptors (Lipinski definition) is 1. The number of rotatable bonds is 2. The van der Waals surface area contributed by atoms with E-state index in [1.807, 2.05) is 0 Å². The molecule has 1 aromatic rings. The summed E-state index contributed by atoms with van der Waals surface area (Å²) in [6, 6.07) is 3.77. The van der Waals surface area contributed by atoms with Gasteiger partial charge in [0, 0.05) is 0 Å². The first-order valence-corrected chi connectivity index (χ1v) is 4.14. The zero-order valence-electron chi connectivity index (χ0n) is 7.92. The first-order valence-electron chi connectivity index (χ1n) is 3.76. The van der Waals surface area contributed by atoms with Crippen LogP contribution in [-0.4, -0.2) is 12.1 Å². The summed E-state index contributed by atoms with van der Waals surface area (Å²) < 4.78 is 35.5. The van der Waals surface area contributed by atoms with Crippen molar-refractivity contribution in [2.24, 2.45) is 0 Å². The van der Waals surface area contributed by atoms with E-state index in [0.29, 0.717) is 0 Å². The van der Waals surface area contributed by atoms with Crippen LogP contribution in [0.4, 0.5) is 12.9 Å². The van der Waals surface area contributed by atoms with E-state index in [9.17, 15) is 12.9 Å². The first-order chi connectivity index (χ1) is 6.38. The topological polar surface area (TPSA) is 20.2 Å². The quantitative estimate of drug-likeness (QED) is 0.766. The van der Waals surface area contributed by atoms with Crippen molar-refractivity contribution in [2.75, 3.05) is 0 Å². The fourth-order valence-corrected chi connectivity index (χ4v) is 1.10. The van der Waals surface area contributed by atoms with Crippen LogP contribution in [0.25, 0.3) is 6.08 Å². The molecular formula is C8H6BClF3KO. The van der Waals surface area contributed by atoms with Crippen LogP contribution in [0.2, 0.25) is 5.02 Å². The summed E-state index contributed by atoms with van der Waals surface area (Å²) in [6.45, 7) is -4.95. The third kappa shape index (κ3) is 5.99. The van der Waals surface area contributed by atoms with Crippen LogP contribution in [0.15, 0.2) is 24.2 Å². The molecule has 0 heterocycles. The van der Waals surface area contributed by atoms with Crippen molar-refractivity contribution in [3.05, 3.63) is 34.8 Å². The molecule has 0 bridgehead atoms. The molecule has 0 unspecified atom stereocenters. The molecule has 0 amide bonds. The SMILES string of the molecule is Oc1ccc(/C=C/[B-](F)(F)F)c(Cl)c1.[K+]. The Morgan fingerprint density at radius 2 is 1.87 bits per heavy atom. The number of phenolic OH excluding ortho intramolecular Hbond substituents is 1. The van der Waals surface area contributed by atoms with E-state index >= 15 is 0 Å². The number of phenols is 1. The summed E-state index contributed by atoms with van der Waals surface area (Å²) in [5.41, 5.74) is 0.226. The maximum atomic E-state index is 11.8. The van der Waals surface area contributed by atoms with Crippen LogP contribution < -0.4 is 51.4 Å². The van der Waals surface area contributed by atoms with Crippen LogP contribution in [0.1, 0.15) is 5.56 Å². The molecule has 0 radical (unpaired) electrons. The Bertz CT molecular complexity index is 367. The molecule has 0 atom stereocenters. The first kappa shape index (κ1) is 15.5. The zero-order valence-corrected chi connectivity index (χ0v) is 11.8. The van der Waals surface area contributed by atoms with E-state index in [4.69, 9.17) is 16.7 Å². The van der Waals surface area contributed by atoms with Crippen LogP contribution in [0, 0.1) is 0 Å². The minimum Gasteiger partial charge on any atom is -0.508 e. The maximum Gasteiger partial charge on any atom is 1.00 e. The standard InChI is InChI=1S/C8H6BClF3O.K/c10-8-5-7(14)2-1-6(8)3-4-9(11,12)13;/h1-5,14H;/q-1;+1/b4-3+;. The van der Waals surface area contributed by atoms with E-state index in [2.05, 4.69) is 0 Å². The van der Waals surface area contributed by atoms with Gasteiger partial charge in [-0.3, -0.25) is 0 Å². The monoisotopic (exact) mass is 260 g/mol. The Hall–Kier alpha value is 0.541. The molecule has 0 spiro atoms. The molecule has 0 fully saturated rings. The molecule has 76 valence electrons. The summed E-state index contributed by atoms with van der Waals surface area (Å²) >= 11 is 5.59. The van der Waals surface area contributed by atoms with E-state index in [1.54, 1.807) is 0 Å². The van der Waals surface area contributed by atoms with Gasteiger partial charge < -0.3 is 18.1 Å². The van der Waals surface area contributed by atoms with Gasteiger partial charge in [-0.25, -0.2) is 0 Å². The maximum absolute atomic E-state index is 11.8. The van der Waals surface area contributed by atoms with Gasteiger partial charge in [0.2, 0.25) is 0 Å². The van der Waals surface area contributed by atoms with Gasteiger partial charge in [-0.2, -0.15) is 0 Å². The number of benzene rings is 1. The second kappa shape index (κ2) is 6.32. The number of halogens is 4. The summed E-state index contributed by atoms with van der Waals surface area (Å²) in [4.78, 5) is 0. The third-order valence-corrected chi connectivity index (χ3v) is 1.81. The molecule has 1 rings (SSSR count). The van der Waals surface area contributed by atoms with Gasteiger partial charge in [-0.05, 0) is 23.8 Å². The van der Waals surface area contributed by atoms with Crippen molar-refractivity contribution in [1.82, 2.24) is 0 Å². The van der Waals surface area contributed by atoms with Gasteiger partial charge in [0.05, 0.1) is 5.02 Å². The minimum absolute atomic E-state index is 0. The summed E-state index contributed by atoms with van der Waals surface area (Å²) in [5.74, 6) is 0.0720. The van der Waals surface area contributed by atoms with Crippen LogP contribution in [0.3, 0.4) is 0 Å². The third-order valence-electron chi connectivity index (χ3n) is 1.48. The Kier molecular flexibility index (Phi) is 6.55. The second-order valence-corrected chi connectivity index (χ2v) is 3.10. The van der Waals surface area contributed by atoms with Crippen molar-refractivity contribution in [3.8, 4) is 5.75 Å². The average molecular weight is 260 g/mol. The summed E-state index contributed by atoms with van der Waals surface area (Å²) in [5, 5.41) is 9.02. The molecule has 0 saturated carbocycles. The molecule has 7 heteroatoms. The number of aromatic hydroxyl groups is 1. The Labute approximate surface area is 133 Å². The van der Waals surface area contributed by atoms with Gasteiger partial charge in [-0.15, -0.1) is 5.98 Å². The Morgan fingerprint density at radius 1 is 1.27 bits per heavy atom. The molecule has 0 aliphatic carbocycles. The second-order valence-electron chi connectivity index (χ2n) is 2.69. The van der Waals surface area contributed by atoms with E-state index in [0.717, 1.165) is 6.08 Å². The van der Waals surface area contributed by atoms with Crippen molar-refractivity contribution < 1.29 is 69.4 Å². The largest absolute Gasteiger partial charge is 1.00 e. The molecule has 0 aromatic heterocycles. The van der Waals surface area contributed by atoms with Crippen molar-refractivity contribution in [2.45, 2.75) is 0 Å². The summed E-state index contributed by atoms with van der Waals surface area (Å²) in [7, 11) is 0. The fourth-order valence-electron chi connectivity index (χ4n) is 0.864. The number of hydrogen-bond donors (Lipinski definition) is 1. The van der Waals surface area contributed by atoms with Crippen molar-refractivity contribution in [1.29, 1.82) is 0 Å². The molecule has 0 aliphatic rings. The predicted octanol–water partition coefficient (Wildman–Crippen LogP) is 0.449. The van der Waals surface area contributed by atoms with E-state index in [-0.39, 0.29) is 73.7 Å². The van der Waals surface area contributed by atoms with Gasteiger partial charge in [0.15, 0.2) is 0 Å². The minimum atomic E-state index is -4.95. The smallest absolute Gasteiger partial charge is 0.508 e.